The van der Waals surface area contributed by atoms with Gasteiger partial charge in [-0.2, -0.15) is 0 Å². The molecule has 0 spiro atoms. The van der Waals surface area contributed by atoms with Gasteiger partial charge in [-0.25, -0.2) is 0 Å². The highest BCUT2D eigenvalue weighted by molar-refractivity contribution is 4.55. The van der Waals surface area contributed by atoms with Crippen LogP contribution in [0, 0.1) is 20.2 Å². The largest absolute Gasteiger partial charge is 0.389 e. The van der Waals surface area contributed by atoms with Crippen molar-refractivity contribution in [3.05, 3.63) is 20.2 Å². The minimum Gasteiger partial charge on any atom is -0.389 e. The van der Waals surface area contributed by atoms with Gasteiger partial charge in [-0.1, -0.05) is 116 Å². The summed E-state index contributed by atoms with van der Waals surface area (Å²) in [5.74, 6) is 0. The van der Waals surface area contributed by atoms with Crippen molar-refractivity contribution >= 4 is 0 Å². The summed E-state index contributed by atoms with van der Waals surface area (Å²) < 4.78 is 0. The first-order valence-electron chi connectivity index (χ1n) is 12.0. The molecule has 180 valence electrons. The lowest BCUT2D eigenvalue weighted by Gasteiger charge is -2.06. The van der Waals surface area contributed by atoms with Gasteiger partial charge in [-0.05, 0) is 6.42 Å². The molecule has 0 saturated heterocycles. The molecular formula is C22H46N2O6. The summed E-state index contributed by atoms with van der Waals surface area (Å²) in [4.78, 5) is 18.6. The van der Waals surface area contributed by atoms with Gasteiger partial charge < -0.3 is 10.3 Å². The second kappa shape index (κ2) is 25.6. The molecule has 1 atom stereocenters. The van der Waals surface area contributed by atoms with E-state index in [1.54, 1.807) is 0 Å². The molecule has 0 saturated carbocycles. The second-order valence-corrected chi connectivity index (χ2v) is 8.16. The Morgan fingerprint density at radius 1 is 0.633 bits per heavy atom. The van der Waals surface area contributed by atoms with Gasteiger partial charge in [-0.15, -0.1) is 10.1 Å². The molecule has 0 aromatic carbocycles. The number of hydrogen-bond acceptors (Lipinski definition) is 5. The van der Waals surface area contributed by atoms with Crippen LogP contribution in [-0.2, 0) is 0 Å². The van der Waals surface area contributed by atoms with Crippen molar-refractivity contribution in [3.63, 3.8) is 0 Å². The van der Waals surface area contributed by atoms with E-state index in [1.807, 2.05) is 0 Å². The summed E-state index contributed by atoms with van der Waals surface area (Å²) in [6, 6.07) is -0.754. The van der Waals surface area contributed by atoms with E-state index in [2.05, 4.69) is 6.92 Å². The first kappa shape index (κ1) is 30.8. The predicted octanol–water partition coefficient (Wildman–Crippen LogP) is 6.71. The molecule has 8 nitrogen and oxygen atoms in total. The summed E-state index contributed by atoms with van der Waals surface area (Å²) in [5, 5.41) is 33.1. The van der Waals surface area contributed by atoms with Gasteiger partial charge in [0.2, 0.25) is 6.04 Å². The highest BCUT2D eigenvalue weighted by atomic mass is 16.9. The van der Waals surface area contributed by atoms with E-state index < -0.39 is 11.1 Å². The number of hydrogen-bond donors (Lipinski definition) is 2. The Kier molecular flexibility index (Phi) is 26.2. The van der Waals surface area contributed by atoms with Gasteiger partial charge in [0, 0.05) is 11.3 Å². The van der Waals surface area contributed by atoms with Crippen molar-refractivity contribution < 1.29 is 20.3 Å². The Morgan fingerprint density at radius 2 is 0.900 bits per heavy atom. The average molecular weight is 435 g/mol. The van der Waals surface area contributed by atoms with E-state index >= 15 is 0 Å². The van der Waals surface area contributed by atoms with Crippen LogP contribution >= 0.6 is 0 Å². The smallest absolute Gasteiger partial charge is 0.291 e. The second-order valence-electron chi connectivity index (χ2n) is 8.16. The molecule has 30 heavy (non-hydrogen) atoms. The molecule has 0 heterocycles. The Bertz CT molecular complexity index is 379. The van der Waals surface area contributed by atoms with Gasteiger partial charge in [0.05, 0.1) is 0 Å². The molecule has 0 amide bonds. The summed E-state index contributed by atoms with van der Waals surface area (Å²) >= 11 is 0. The third kappa shape index (κ3) is 28.8. The average Bonchev–Trinajstić information content (AvgIpc) is 2.69. The van der Waals surface area contributed by atoms with Crippen molar-refractivity contribution in [2.45, 2.75) is 135 Å². The number of aliphatic hydroxyl groups excluding tert-OH is 1. The summed E-state index contributed by atoms with van der Waals surface area (Å²) in [6.45, 7) is 1.95. The van der Waals surface area contributed by atoms with Crippen LogP contribution in [0.1, 0.15) is 129 Å². The van der Waals surface area contributed by atoms with Gasteiger partial charge in [0.1, 0.15) is 6.61 Å². The highest BCUT2D eigenvalue weighted by Crippen LogP contribution is 2.15. The van der Waals surface area contributed by atoms with Crippen molar-refractivity contribution in [1.29, 1.82) is 0 Å². The number of nitrogens with zero attached hydrogens (tertiary/aromatic N) is 2. The van der Waals surface area contributed by atoms with Crippen molar-refractivity contribution in [1.82, 2.24) is 0 Å². The maximum atomic E-state index is 10.6. The van der Waals surface area contributed by atoms with Crippen LogP contribution in [0.15, 0.2) is 0 Å². The molecule has 8 heteroatoms. The number of aliphatic hydroxyl groups is 1. The maximum absolute atomic E-state index is 10.6. The summed E-state index contributed by atoms with van der Waals surface area (Å²) in [7, 11) is 0. The van der Waals surface area contributed by atoms with Crippen LogP contribution in [0.3, 0.4) is 0 Å². The molecule has 0 aliphatic rings. The SMILES string of the molecule is CCCCCCCCCCCCCCCCCCCCC(CO)[N+](=O)[O-].O=[N+]([O-])O. The molecule has 0 radical (unpaired) electrons. The molecular weight excluding hydrogens is 388 g/mol. The van der Waals surface area contributed by atoms with Crippen molar-refractivity contribution in [2.75, 3.05) is 6.61 Å². The fourth-order valence-corrected chi connectivity index (χ4v) is 3.54. The van der Waals surface area contributed by atoms with E-state index in [4.69, 9.17) is 20.4 Å². The van der Waals surface area contributed by atoms with Crippen LogP contribution in [0.4, 0.5) is 0 Å². The predicted molar refractivity (Wildman–Crippen MR) is 120 cm³/mol. The fourth-order valence-electron chi connectivity index (χ4n) is 3.54. The van der Waals surface area contributed by atoms with E-state index in [9.17, 15) is 10.1 Å². The molecule has 0 aliphatic heterocycles. The Balaban J connectivity index is 0. The van der Waals surface area contributed by atoms with Crippen LogP contribution < -0.4 is 0 Å². The first-order chi connectivity index (χ1) is 14.5. The van der Waals surface area contributed by atoms with Gasteiger partial charge in [0.25, 0.3) is 5.09 Å². The molecule has 0 aliphatic carbocycles. The van der Waals surface area contributed by atoms with Gasteiger partial charge >= 0.3 is 0 Å². The van der Waals surface area contributed by atoms with Crippen molar-refractivity contribution in [2.24, 2.45) is 0 Å². The minimum absolute atomic E-state index is 0.327. The van der Waals surface area contributed by atoms with E-state index in [0.717, 1.165) is 12.8 Å². The van der Waals surface area contributed by atoms with Crippen LogP contribution in [0.25, 0.3) is 0 Å². The van der Waals surface area contributed by atoms with Crippen LogP contribution in [0.2, 0.25) is 0 Å². The Hall–Kier alpha value is -1.44. The van der Waals surface area contributed by atoms with Crippen molar-refractivity contribution in [3.8, 4) is 0 Å². The van der Waals surface area contributed by atoms with Crippen LogP contribution in [-0.4, -0.2) is 33.0 Å². The summed E-state index contributed by atoms with van der Waals surface area (Å²) in [6.07, 6.45) is 24.4. The normalized spacial score (nSPS) is 11.5. The zero-order valence-electron chi connectivity index (χ0n) is 19.1. The lowest BCUT2D eigenvalue weighted by atomic mass is 10.0. The Labute approximate surface area is 182 Å². The van der Waals surface area contributed by atoms with Crippen LogP contribution in [0.5, 0.6) is 0 Å². The molecule has 0 rings (SSSR count). The molecule has 0 fully saturated rings. The molecule has 1 unspecified atom stereocenters. The Morgan fingerprint density at radius 3 is 1.13 bits per heavy atom. The van der Waals surface area contributed by atoms with E-state index in [1.165, 1.54) is 103 Å². The molecule has 0 aromatic heterocycles. The quantitative estimate of drug-likeness (QED) is 0.117. The van der Waals surface area contributed by atoms with E-state index in [-0.39, 0.29) is 11.5 Å². The minimum atomic E-state index is -1.50. The standard InChI is InChI=1S/C22H45NO3.HNO3/c1-2-3-4-5-6-7-8-9-10-11-12-13-14-15-16-17-18-19-20-22(21-24)23(25)26;2-1(3)4/h22,24H,2-21H2,1H3;(H,2,3,4). The zero-order valence-corrected chi connectivity index (χ0v) is 19.1. The molecule has 0 bridgehead atoms. The third-order valence-electron chi connectivity index (χ3n) is 5.40. The topological polar surface area (TPSA) is 127 Å². The highest BCUT2D eigenvalue weighted by Gasteiger charge is 2.17. The van der Waals surface area contributed by atoms with Gasteiger partial charge in [-0.3, -0.25) is 10.1 Å². The molecule has 0 aromatic rings. The van der Waals surface area contributed by atoms with E-state index in [0.29, 0.717) is 6.42 Å². The van der Waals surface area contributed by atoms with Gasteiger partial charge in [0.15, 0.2) is 0 Å². The lowest BCUT2D eigenvalue weighted by molar-refractivity contribution is -0.742. The number of unbranched alkanes of at least 4 members (excludes halogenated alkanes) is 17. The fraction of sp³-hybridized carbons (Fsp3) is 1.00. The third-order valence-corrected chi connectivity index (χ3v) is 5.40. The number of nitro groups is 1. The lowest BCUT2D eigenvalue weighted by Crippen LogP contribution is -2.23. The summed E-state index contributed by atoms with van der Waals surface area (Å²) in [5.41, 5.74) is 0. The maximum Gasteiger partial charge on any atom is 0.291 e. The monoisotopic (exact) mass is 434 g/mol. The first-order valence-corrected chi connectivity index (χ1v) is 12.0. The zero-order chi connectivity index (χ0) is 22.9. The molecule has 2 N–H and O–H groups in total. The number of rotatable bonds is 21.